The number of rotatable bonds is 3. The highest BCUT2D eigenvalue weighted by atomic mass is 35.5. The van der Waals surface area contributed by atoms with E-state index in [-0.39, 0.29) is 5.69 Å². The molecule has 12 heteroatoms. The van der Waals surface area contributed by atoms with Crippen LogP contribution in [0, 0.1) is 0 Å². The normalized spacial score (nSPS) is 12.2. The van der Waals surface area contributed by atoms with Crippen molar-refractivity contribution in [3.8, 4) is 5.75 Å². The van der Waals surface area contributed by atoms with Crippen LogP contribution < -0.4 is 10.1 Å². The van der Waals surface area contributed by atoms with Gasteiger partial charge in [0.25, 0.3) is 5.91 Å². The number of carbonyl (C=O) groups is 1. The molecule has 0 aliphatic carbocycles. The number of amides is 1. The van der Waals surface area contributed by atoms with Crippen LogP contribution in [0.1, 0.15) is 16.1 Å². The lowest BCUT2D eigenvalue weighted by molar-refractivity contribution is -0.274. The molecule has 0 bridgehead atoms. The largest absolute Gasteiger partial charge is 0.573 e. The lowest BCUT2D eigenvalue weighted by atomic mass is 10.2. The van der Waals surface area contributed by atoms with E-state index in [1.165, 1.54) is 0 Å². The summed E-state index contributed by atoms with van der Waals surface area (Å²) in [7, 11) is 1.12. The van der Waals surface area contributed by atoms with Crippen molar-refractivity contribution in [3.63, 3.8) is 0 Å². The van der Waals surface area contributed by atoms with E-state index < -0.39 is 40.6 Å². The van der Waals surface area contributed by atoms with Crippen LogP contribution in [0.5, 0.6) is 5.75 Å². The molecular formula is C13H8ClF6N3O2. The summed E-state index contributed by atoms with van der Waals surface area (Å²) in [4.78, 5) is 12.1. The molecule has 1 amide bonds. The molecule has 5 nitrogen and oxygen atoms in total. The average Bonchev–Trinajstić information content (AvgIpc) is 2.75. The number of nitrogens with zero attached hydrogens (tertiary/aromatic N) is 2. The SMILES string of the molecule is Cn1nc(C(F)(F)F)c(C(=O)Nc2ccc(OC(F)(F)F)cc2)c1Cl. The summed E-state index contributed by atoms with van der Waals surface area (Å²) in [6.45, 7) is 0. The molecule has 0 saturated heterocycles. The Balaban J connectivity index is 2.23. The molecule has 1 aromatic carbocycles. The minimum absolute atomic E-state index is 0.0624. The van der Waals surface area contributed by atoms with Gasteiger partial charge in [0.05, 0.1) is 0 Å². The summed E-state index contributed by atoms with van der Waals surface area (Å²) in [5, 5.41) is 4.71. The van der Waals surface area contributed by atoms with Crippen molar-refractivity contribution in [2.45, 2.75) is 12.5 Å². The van der Waals surface area contributed by atoms with Gasteiger partial charge < -0.3 is 10.1 Å². The second kappa shape index (κ2) is 6.47. The first-order valence-corrected chi connectivity index (χ1v) is 6.73. The maximum atomic E-state index is 12.9. The number of alkyl halides is 6. The zero-order valence-electron chi connectivity index (χ0n) is 12.2. The Bertz CT molecular complexity index is 783. The van der Waals surface area contributed by atoms with Crippen molar-refractivity contribution in [2.24, 2.45) is 7.05 Å². The van der Waals surface area contributed by atoms with Crippen molar-refractivity contribution >= 4 is 23.2 Å². The lowest BCUT2D eigenvalue weighted by Gasteiger charge is -2.10. The fourth-order valence-corrected chi connectivity index (χ4v) is 2.05. The quantitative estimate of drug-likeness (QED) is 0.801. The van der Waals surface area contributed by atoms with Gasteiger partial charge in [-0.15, -0.1) is 13.2 Å². The molecule has 2 aromatic rings. The van der Waals surface area contributed by atoms with E-state index >= 15 is 0 Å². The second-order valence-electron chi connectivity index (χ2n) is 4.66. The number of ether oxygens (including phenoxy) is 1. The van der Waals surface area contributed by atoms with Gasteiger partial charge in [0.2, 0.25) is 0 Å². The molecule has 136 valence electrons. The van der Waals surface area contributed by atoms with E-state index in [4.69, 9.17) is 11.6 Å². The van der Waals surface area contributed by atoms with Crippen LogP contribution in [0.4, 0.5) is 32.0 Å². The number of benzene rings is 1. The van der Waals surface area contributed by atoms with Crippen molar-refractivity contribution in [2.75, 3.05) is 5.32 Å². The number of nitrogens with one attached hydrogen (secondary N) is 1. The zero-order chi connectivity index (χ0) is 19.0. The minimum Gasteiger partial charge on any atom is -0.406 e. The summed E-state index contributed by atoms with van der Waals surface area (Å²) in [6, 6.07) is 3.82. The van der Waals surface area contributed by atoms with Crippen molar-refractivity contribution in [1.29, 1.82) is 0 Å². The fraction of sp³-hybridized carbons (Fsp3) is 0.231. The van der Waals surface area contributed by atoms with E-state index in [2.05, 4.69) is 15.2 Å². The van der Waals surface area contributed by atoms with Crippen molar-refractivity contribution < 1.29 is 35.9 Å². The molecule has 0 spiro atoms. The van der Waals surface area contributed by atoms with Crippen LogP contribution in [0.25, 0.3) is 0 Å². The van der Waals surface area contributed by atoms with Crippen LogP contribution in [0.3, 0.4) is 0 Å². The summed E-state index contributed by atoms with van der Waals surface area (Å²) in [5.41, 5.74) is -2.44. The number of anilines is 1. The van der Waals surface area contributed by atoms with Crippen LogP contribution in [0.2, 0.25) is 5.15 Å². The smallest absolute Gasteiger partial charge is 0.406 e. The molecule has 0 aliphatic rings. The molecule has 0 fully saturated rings. The molecule has 1 heterocycles. The highest BCUT2D eigenvalue weighted by Crippen LogP contribution is 2.34. The number of halogens is 7. The molecule has 1 N–H and O–H groups in total. The molecule has 0 radical (unpaired) electrons. The maximum absolute atomic E-state index is 12.9. The van der Waals surface area contributed by atoms with Crippen molar-refractivity contribution in [3.05, 3.63) is 40.7 Å². The highest BCUT2D eigenvalue weighted by molar-refractivity contribution is 6.33. The molecule has 2 rings (SSSR count). The minimum atomic E-state index is -4.91. The van der Waals surface area contributed by atoms with Gasteiger partial charge in [-0.1, -0.05) is 11.6 Å². The number of hydrogen-bond acceptors (Lipinski definition) is 3. The third kappa shape index (κ3) is 4.56. The summed E-state index contributed by atoms with van der Waals surface area (Å²) in [5.74, 6) is -1.77. The summed E-state index contributed by atoms with van der Waals surface area (Å²) < 4.78 is 79.2. The van der Waals surface area contributed by atoms with Crippen LogP contribution in [-0.4, -0.2) is 22.1 Å². The van der Waals surface area contributed by atoms with Crippen LogP contribution in [-0.2, 0) is 13.2 Å². The maximum Gasteiger partial charge on any atom is 0.573 e. The van der Waals surface area contributed by atoms with Crippen LogP contribution in [0.15, 0.2) is 24.3 Å². The molecule has 0 unspecified atom stereocenters. The fourth-order valence-electron chi connectivity index (χ4n) is 1.84. The Hall–Kier alpha value is -2.43. The molecule has 0 aliphatic heterocycles. The summed E-state index contributed by atoms with van der Waals surface area (Å²) in [6.07, 6.45) is -9.81. The Kier molecular flexibility index (Phi) is 4.89. The molecule has 1 aromatic heterocycles. The standard InChI is InChI=1S/C13H8ClF6N3O2/c1-23-10(14)8(9(22-23)12(15,16)17)11(24)21-6-2-4-7(5-3-6)25-13(18,19)20/h2-5H,1H3,(H,21,24). The van der Waals surface area contributed by atoms with Gasteiger partial charge in [0.1, 0.15) is 16.5 Å². The van der Waals surface area contributed by atoms with Gasteiger partial charge in [0.15, 0.2) is 5.69 Å². The van der Waals surface area contributed by atoms with Crippen molar-refractivity contribution in [1.82, 2.24) is 9.78 Å². The Labute approximate surface area is 141 Å². The first-order chi connectivity index (χ1) is 11.4. The second-order valence-corrected chi connectivity index (χ2v) is 5.02. The van der Waals surface area contributed by atoms with E-state index in [0.29, 0.717) is 4.68 Å². The van der Waals surface area contributed by atoms with Gasteiger partial charge in [-0.2, -0.15) is 18.3 Å². The predicted molar refractivity (Wildman–Crippen MR) is 74.3 cm³/mol. The van der Waals surface area contributed by atoms with E-state index in [0.717, 1.165) is 31.3 Å². The predicted octanol–water partition coefficient (Wildman–Crippen LogP) is 4.24. The Morgan fingerprint density at radius 1 is 1.16 bits per heavy atom. The molecule has 0 atom stereocenters. The monoisotopic (exact) mass is 387 g/mol. The highest BCUT2D eigenvalue weighted by Gasteiger charge is 2.41. The van der Waals surface area contributed by atoms with Gasteiger partial charge in [-0.3, -0.25) is 9.48 Å². The lowest BCUT2D eigenvalue weighted by Crippen LogP contribution is -2.18. The molecule has 0 saturated carbocycles. The third-order valence-corrected chi connectivity index (χ3v) is 3.25. The first kappa shape index (κ1) is 18.9. The average molecular weight is 388 g/mol. The van der Waals surface area contributed by atoms with E-state index in [1.54, 1.807) is 0 Å². The number of carbonyl (C=O) groups excluding carboxylic acids is 1. The van der Waals surface area contributed by atoms with Gasteiger partial charge in [0, 0.05) is 12.7 Å². The molecule has 25 heavy (non-hydrogen) atoms. The van der Waals surface area contributed by atoms with Crippen LogP contribution >= 0.6 is 11.6 Å². The van der Waals surface area contributed by atoms with E-state index in [1.807, 2.05) is 0 Å². The first-order valence-electron chi connectivity index (χ1n) is 6.35. The van der Waals surface area contributed by atoms with Gasteiger partial charge in [-0.05, 0) is 24.3 Å². The Morgan fingerprint density at radius 3 is 2.20 bits per heavy atom. The third-order valence-electron chi connectivity index (χ3n) is 2.82. The van der Waals surface area contributed by atoms with Gasteiger partial charge >= 0.3 is 12.5 Å². The number of aromatic nitrogens is 2. The number of aryl methyl sites for hydroxylation is 1. The summed E-state index contributed by atoms with van der Waals surface area (Å²) >= 11 is 5.67. The number of hydrogen-bond donors (Lipinski definition) is 1. The Morgan fingerprint density at radius 2 is 1.72 bits per heavy atom. The van der Waals surface area contributed by atoms with E-state index in [9.17, 15) is 31.1 Å². The van der Waals surface area contributed by atoms with Gasteiger partial charge in [-0.25, -0.2) is 0 Å². The zero-order valence-corrected chi connectivity index (χ0v) is 12.9. The topological polar surface area (TPSA) is 56.2 Å². The molecular weight excluding hydrogens is 380 g/mol.